The molecule has 0 saturated carbocycles. The second kappa shape index (κ2) is 30.9. The Bertz CT molecular complexity index is 2130. The van der Waals surface area contributed by atoms with E-state index in [1.54, 1.807) is 26.0 Å². The molecule has 22 heteroatoms. The van der Waals surface area contributed by atoms with E-state index in [9.17, 15) is 61.8 Å². The first-order valence-corrected chi connectivity index (χ1v) is 23.6. The van der Waals surface area contributed by atoms with Crippen molar-refractivity contribution in [1.82, 2.24) is 42.5 Å². The van der Waals surface area contributed by atoms with Gasteiger partial charge < -0.3 is 52.7 Å². The standard InChI is InChI=1S/C49H74F2N8O12/c1-11-13-14-15-36(56-31(7)61)46(68)55-29(5)43(65)54-30(6)44(66)59-39(25-28(4)60)47(69)58-37(45(67)53-23-21-40(62)57-38(48(70)71)18-19-41(63)64)20-22-52-42(49(8,9)10)27(3)24-32(12-2)34-26-33(50)16-17-35(34)51/h12,16-17,24,26,29-30,36-39,42,52H,11,13-15,18-23,25H2,1-10H3,(H,53,67)(H,54,65)(H,55,68)(H,56,61)(H,57,62)(H,58,69)(H,59,66)(H,63,64)(H,70,71)/b27-24+,32-12+/t29-,30-,36-,37-,38-,39-,42-/m0/s1. The molecule has 0 aliphatic carbocycles. The minimum Gasteiger partial charge on any atom is -0.481 e. The average Bonchev–Trinajstić information content (AvgIpc) is 3.26. The Hall–Kier alpha value is -6.58. The van der Waals surface area contributed by atoms with Crippen LogP contribution in [-0.2, 0) is 47.9 Å². The van der Waals surface area contributed by atoms with Crippen LogP contribution in [0.3, 0.4) is 0 Å². The molecule has 0 aromatic heterocycles. The summed E-state index contributed by atoms with van der Waals surface area (Å²) >= 11 is 0. The summed E-state index contributed by atoms with van der Waals surface area (Å²) in [7, 11) is 0. The van der Waals surface area contributed by atoms with E-state index in [1.165, 1.54) is 27.7 Å². The van der Waals surface area contributed by atoms with Gasteiger partial charge in [-0.25, -0.2) is 13.6 Å². The Morgan fingerprint density at radius 2 is 1.25 bits per heavy atom. The maximum Gasteiger partial charge on any atom is 0.326 e. The molecule has 71 heavy (non-hydrogen) atoms. The molecule has 1 aromatic rings. The average molecular weight is 1010 g/mol. The molecule has 7 atom stereocenters. The predicted molar refractivity (Wildman–Crippen MR) is 260 cm³/mol. The van der Waals surface area contributed by atoms with Crippen molar-refractivity contribution in [2.24, 2.45) is 5.41 Å². The smallest absolute Gasteiger partial charge is 0.326 e. The number of hydrogen-bond donors (Lipinski definition) is 10. The highest BCUT2D eigenvalue weighted by atomic mass is 19.1. The number of carbonyl (C=O) groups is 10. The molecule has 0 aliphatic rings. The summed E-state index contributed by atoms with van der Waals surface area (Å²) in [6.45, 7) is 16.0. The van der Waals surface area contributed by atoms with Crippen LogP contribution in [0.5, 0.6) is 0 Å². The van der Waals surface area contributed by atoms with Gasteiger partial charge in [0.1, 0.15) is 53.7 Å². The summed E-state index contributed by atoms with van der Waals surface area (Å²) in [5.41, 5.74) is 0.633. The summed E-state index contributed by atoms with van der Waals surface area (Å²) in [6, 6.07) is -5.19. The zero-order valence-corrected chi connectivity index (χ0v) is 42.4. The number of rotatable bonds is 31. The number of amides is 7. The van der Waals surface area contributed by atoms with Crippen LogP contribution in [0.4, 0.5) is 8.78 Å². The van der Waals surface area contributed by atoms with Crippen molar-refractivity contribution in [2.75, 3.05) is 13.1 Å². The number of benzene rings is 1. The summed E-state index contributed by atoms with van der Waals surface area (Å²) in [6.07, 6.45) is 3.96. The van der Waals surface area contributed by atoms with Gasteiger partial charge in [-0.2, -0.15) is 0 Å². The Morgan fingerprint density at radius 1 is 0.676 bits per heavy atom. The molecule has 0 spiro atoms. The quantitative estimate of drug-likeness (QED) is 0.0379. The van der Waals surface area contributed by atoms with E-state index in [4.69, 9.17) is 5.11 Å². The van der Waals surface area contributed by atoms with Gasteiger partial charge in [0.05, 0.1) is 0 Å². The fraction of sp³-hybridized carbons (Fsp3) is 0.592. The van der Waals surface area contributed by atoms with E-state index in [0.29, 0.717) is 24.0 Å². The lowest BCUT2D eigenvalue weighted by atomic mass is 9.81. The molecule has 396 valence electrons. The van der Waals surface area contributed by atoms with Crippen molar-refractivity contribution in [3.63, 3.8) is 0 Å². The zero-order chi connectivity index (χ0) is 54.2. The molecule has 7 amide bonds. The Balaban J connectivity index is 3.37. The number of allylic oxidation sites excluding steroid dienone is 3. The van der Waals surface area contributed by atoms with Crippen LogP contribution < -0.4 is 42.5 Å². The van der Waals surface area contributed by atoms with Gasteiger partial charge in [0.25, 0.3) is 0 Å². The van der Waals surface area contributed by atoms with Crippen molar-refractivity contribution in [1.29, 1.82) is 0 Å². The number of Topliss-reactive ketones (excluding diaryl/α,β-unsaturated/α-hetero) is 1. The van der Waals surface area contributed by atoms with Gasteiger partial charge in [-0.1, -0.05) is 64.7 Å². The highest BCUT2D eigenvalue weighted by molar-refractivity contribution is 5.97. The summed E-state index contributed by atoms with van der Waals surface area (Å²) in [5.74, 6) is -9.86. The van der Waals surface area contributed by atoms with E-state index in [1.807, 2.05) is 27.7 Å². The molecule has 20 nitrogen and oxygen atoms in total. The second-order valence-electron chi connectivity index (χ2n) is 18.5. The normalized spacial score (nSPS) is 14.8. The highest BCUT2D eigenvalue weighted by Gasteiger charge is 2.32. The number of carbonyl (C=O) groups excluding carboxylic acids is 8. The molecule has 0 heterocycles. The minimum absolute atomic E-state index is 0.0289. The van der Waals surface area contributed by atoms with Gasteiger partial charge in [-0.3, -0.25) is 43.2 Å². The van der Waals surface area contributed by atoms with E-state index >= 15 is 0 Å². The molecule has 0 radical (unpaired) electrons. The third-order valence-electron chi connectivity index (χ3n) is 11.0. The van der Waals surface area contributed by atoms with Gasteiger partial charge in [-0.15, -0.1) is 0 Å². The fourth-order valence-electron chi connectivity index (χ4n) is 7.33. The van der Waals surface area contributed by atoms with Crippen LogP contribution in [0.25, 0.3) is 5.57 Å². The number of halogens is 2. The molecule has 0 unspecified atom stereocenters. The van der Waals surface area contributed by atoms with Crippen molar-refractivity contribution < 1.29 is 66.9 Å². The van der Waals surface area contributed by atoms with E-state index in [-0.39, 0.29) is 25.1 Å². The van der Waals surface area contributed by atoms with Gasteiger partial charge in [-0.05, 0) is 89.6 Å². The molecule has 1 rings (SSSR count). The van der Waals surface area contributed by atoms with Gasteiger partial charge in [0.2, 0.25) is 41.4 Å². The number of hydrogen-bond acceptors (Lipinski definition) is 11. The topological polar surface area (TPSA) is 307 Å². The van der Waals surface area contributed by atoms with E-state index in [0.717, 1.165) is 31.0 Å². The number of unbranched alkanes of at least 4 members (excludes halogenated alkanes) is 2. The maximum absolute atomic E-state index is 14.8. The van der Waals surface area contributed by atoms with Crippen LogP contribution >= 0.6 is 0 Å². The van der Waals surface area contributed by atoms with Crippen LogP contribution in [0.1, 0.15) is 133 Å². The van der Waals surface area contributed by atoms with Gasteiger partial charge >= 0.3 is 11.9 Å². The summed E-state index contributed by atoms with van der Waals surface area (Å²) in [5, 5.41) is 39.0. The van der Waals surface area contributed by atoms with E-state index < -0.39 is 144 Å². The molecular formula is C49H74F2N8O12. The number of aliphatic carboxylic acids is 2. The molecule has 0 saturated heterocycles. The van der Waals surface area contributed by atoms with Crippen molar-refractivity contribution >= 4 is 64.6 Å². The van der Waals surface area contributed by atoms with Crippen LogP contribution in [0.15, 0.2) is 35.9 Å². The second-order valence-corrected chi connectivity index (χ2v) is 18.5. The SMILES string of the molecule is C/C=C(\C=C(/C)[C@H](NCC[C@H](NC(=O)[C@H](CC(C)=O)NC(=O)[C@H](C)NC(=O)[C@H](C)NC(=O)[C@H](CCCCC)NC(C)=O)C(=O)NCCC(=O)N[C@@H](CCC(=O)O)C(=O)O)C(C)(C)C)c1cc(F)ccc1F. The van der Waals surface area contributed by atoms with Crippen LogP contribution in [0, 0.1) is 17.0 Å². The molecule has 0 aliphatic heterocycles. The zero-order valence-electron chi connectivity index (χ0n) is 42.4. The largest absolute Gasteiger partial charge is 0.481 e. The third kappa shape index (κ3) is 23.7. The van der Waals surface area contributed by atoms with Gasteiger partial charge in [0, 0.05) is 44.3 Å². The van der Waals surface area contributed by atoms with Crippen molar-refractivity contribution in [3.05, 3.63) is 53.1 Å². The summed E-state index contributed by atoms with van der Waals surface area (Å²) < 4.78 is 29.0. The maximum atomic E-state index is 14.8. The lowest BCUT2D eigenvalue weighted by Gasteiger charge is -2.33. The van der Waals surface area contributed by atoms with Crippen LogP contribution in [-0.4, -0.2) is 125 Å². The first kappa shape index (κ1) is 62.4. The number of carboxylic acids is 2. The first-order chi connectivity index (χ1) is 33.1. The molecule has 1 aromatic carbocycles. The molecule has 0 fully saturated rings. The highest BCUT2D eigenvalue weighted by Crippen LogP contribution is 2.29. The monoisotopic (exact) mass is 1000 g/mol. The van der Waals surface area contributed by atoms with Crippen molar-refractivity contribution in [3.8, 4) is 0 Å². The number of ketones is 1. The minimum atomic E-state index is -1.57. The lowest BCUT2D eigenvalue weighted by Crippen LogP contribution is -2.58. The predicted octanol–water partition coefficient (Wildman–Crippen LogP) is 2.69. The molecular weight excluding hydrogens is 931 g/mol. The van der Waals surface area contributed by atoms with Gasteiger partial charge in [0.15, 0.2) is 0 Å². The third-order valence-corrected chi connectivity index (χ3v) is 11.0. The lowest BCUT2D eigenvalue weighted by molar-refractivity contribution is -0.143. The first-order valence-electron chi connectivity index (χ1n) is 23.6. The molecule has 10 N–H and O–H groups in total. The Morgan fingerprint density at radius 3 is 1.80 bits per heavy atom. The summed E-state index contributed by atoms with van der Waals surface area (Å²) in [4.78, 5) is 127. The number of carboxylic acid groups (broad SMARTS) is 2. The van der Waals surface area contributed by atoms with Crippen LogP contribution in [0.2, 0.25) is 0 Å². The Kier molecular flexibility index (Phi) is 27.2. The fourth-order valence-corrected chi connectivity index (χ4v) is 7.33. The number of nitrogens with one attached hydrogen (secondary N) is 8. The molecule has 0 bridgehead atoms. The van der Waals surface area contributed by atoms with E-state index in [2.05, 4.69) is 42.5 Å². The Labute approximate surface area is 414 Å². The van der Waals surface area contributed by atoms with Crippen molar-refractivity contribution in [2.45, 2.75) is 169 Å².